The molecular formula is C37H27N9O3. The number of aromatic amines is 4. The second-order valence-electron chi connectivity index (χ2n) is 11.3. The summed E-state index contributed by atoms with van der Waals surface area (Å²) in [6.45, 7) is 0.491. The zero-order valence-corrected chi connectivity index (χ0v) is 25.7. The molecule has 0 atom stereocenters. The molecule has 0 saturated heterocycles. The molecule has 4 heterocycles. The molecule has 12 nitrogen and oxygen atoms in total. The van der Waals surface area contributed by atoms with Crippen LogP contribution in [0.4, 0.5) is 0 Å². The number of rotatable bonds is 6. The van der Waals surface area contributed by atoms with Gasteiger partial charge >= 0.3 is 5.97 Å². The topological polar surface area (TPSA) is 181 Å². The number of fused-ring (bicyclic) bond motifs is 4. The molecule has 0 unspecified atom stereocenters. The number of nitrogens with zero attached hydrogens (tertiary/aromatic N) is 4. The number of aromatic carboxylic acids is 1. The summed E-state index contributed by atoms with van der Waals surface area (Å²) in [5.74, 6) is 0.213. The molecule has 0 bridgehead atoms. The molecule has 0 spiro atoms. The van der Waals surface area contributed by atoms with Crippen LogP contribution in [0.1, 0.15) is 26.3 Å². The molecule has 5 aromatic carbocycles. The number of imidazole rings is 2. The zero-order chi connectivity index (χ0) is 33.3. The zero-order valence-electron chi connectivity index (χ0n) is 25.7. The van der Waals surface area contributed by atoms with Crippen molar-refractivity contribution in [1.82, 2.24) is 45.6 Å². The lowest BCUT2D eigenvalue weighted by molar-refractivity contribution is 0.0696. The summed E-state index contributed by atoms with van der Waals surface area (Å²) in [6, 6.07) is 35.8. The molecule has 0 fully saturated rings. The van der Waals surface area contributed by atoms with E-state index in [4.69, 9.17) is 5.11 Å². The van der Waals surface area contributed by atoms with Gasteiger partial charge in [-0.3, -0.25) is 15.0 Å². The molecule has 9 rings (SSSR count). The number of hydrogen-bond acceptors (Lipinski definition) is 6. The third-order valence-electron chi connectivity index (χ3n) is 8.16. The van der Waals surface area contributed by atoms with Gasteiger partial charge in [-0.1, -0.05) is 66.7 Å². The predicted molar refractivity (Wildman–Crippen MR) is 187 cm³/mol. The molecular weight excluding hydrogens is 618 g/mol. The number of nitrogens with one attached hydrogen (secondary N) is 5. The molecule has 0 saturated carbocycles. The predicted octanol–water partition coefficient (Wildman–Crippen LogP) is 6.84. The summed E-state index contributed by atoms with van der Waals surface area (Å²) in [4.78, 5) is 39.0. The Morgan fingerprint density at radius 3 is 1.67 bits per heavy atom. The van der Waals surface area contributed by atoms with Crippen LogP contribution in [0.5, 0.6) is 0 Å². The number of carboxylic acids is 1. The number of amides is 1. The van der Waals surface area contributed by atoms with Crippen molar-refractivity contribution in [3.05, 3.63) is 132 Å². The molecule has 0 radical (unpaired) electrons. The number of carbonyl (C=O) groups is 2. The van der Waals surface area contributed by atoms with E-state index >= 15 is 0 Å². The molecule has 238 valence electrons. The average molecular weight is 646 g/mol. The second kappa shape index (κ2) is 12.3. The molecule has 1 amide bonds. The number of hydrogen-bond donors (Lipinski definition) is 6. The first-order valence-corrected chi connectivity index (χ1v) is 15.4. The van der Waals surface area contributed by atoms with Gasteiger partial charge in [-0.2, -0.15) is 10.2 Å². The lowest BCUT2D eigenvalue weighted by Gasteiger charge is -2.05. The first-order valence-electron chi connectivity index (χ1n) is 15.4. The van der Waals surface area contributed by atoms with E-state index < -0.39 is 5.97 Å². The van der Waals surface area contributed by atoms with Gasteiger partial charge in [0.2, 0.25) is 0 Å². The van der Waals surface area contributed by atoms with Crippen molar-refractivity contribution in [2.75, 3.05) is 0 Å². The highest BCUT2D eigenvalue weighted by atomic mass is 16.4. The van der Waals surface area contributed by atoms with E-state index in [2.05, 4.69) is 45.6 Å². The Morgan fingerprint density at radius 2 is 1.10 bits per heavy atom. The van der Waals surface area contributed by atoms with Crippen molar-refractivity contribution in [1.29, 1.82) is 0 Å². The van der Waals surface area contributed by atoms with Crippen LogP contribution in [0.2, 0.25) is 0 Å². The maximum Gasteiger partial charge on any atom is 0.335 e. The summed E-state index contributed by atoms with van der Waals surface area (Å²) in [5.41, 5.74) is 8.23. The fourth-order valence-electron chi connectivity index (χ4n) is 5.69. The van der Waals surface area contributed by atoms with Crippen molar-refractivity contribution in [3.63, 3.8) is 0 Å². The summed E-state index contributed by atoms with van der Waals surface area (Å²) >= 11 is 0. The van der Waals surface area contributed by atoms with E-state index in [1.54, 1.807) is 18.2 Å². The molecule has 0 aliphatic rings. The van der Waals surface area contributed by atoms with E-state index in [0.717, 1.165) is 49.8 Å². The normalized spacial score (nSPS) is 11.2. The molecule has 4 aromatic heterocycles. The Hall–Kier alpha value is -7.08. The monoisotopic (exact) mass is 645 g/mol. The van der Waals surface area contributed by atoms with Crippen molar-refractivity contribution in [2.45, 2.75) is 6.54 Å². The first-order chi connectivity index (χ1) is 24.0. The van der Waals surface area contributed by atoms with E-state index in [0.29, 0.717) is 34.8 Å². The highest BCUT2D eigenvalue weighted by Gasteiger charge is 2.15. The third-order valence-corrected chi connectivity index (χ3v) is 8.16. The Labute approximate surface area is 277 Å². The van der Waals surface area contributed by atoms with Gasteiger partial charge in [0, 0.05) is 22.9 Å². The van der Waals surface area contributed by atoms with Crippen molar-refractivity contribution in [2.24, 2.45) is 0 Å². The summed E-state index contributed by atoms with van der Waals surface area (Å²) in [6.07, 6.45) is 0. The van der Waals surface area contributed by atoms with Gasteiger partial charge in [-0.05, 0) is 54.1 Å². The Balaban J connectivity index is 0.000000148. The molecule has 49 heavy (non-hydrogen) atoms. The number of H-pyrrole nitrogens is 4. The van der Waals surface area contributed by atoms with Crippen LogP contribution < -0.4 is 5.32 Å². The van der Waals surface area contributed by atoms with Gasteiger partial charge in [0.25, 0.3) is 5.91 Å². The maximum atomic E-state index is 12.5. The minimum atomic E-state index is -0.960. The number of benzene rings is 5. The Bertz CT molecular complexity index is 2630. The van der Waals surface area contributed by atoms with Gasteiger partial charge in [0.15, 0.2) is 11.6 Å². The number of para-hydroxylation sites is 2. The molecule has 9 aromatic rings. The molecule has 6 N–H and O–H groups in total. The van der Waals surface area contributed by atoms with E-state index in [-0.39, 0.29) is 11.5 Å². The second-order valence-corrected chi connectivity index (χ2v) is 11.3. The highest BCUT2D eigenvalue weighted by Crippen LogP contribution is 2.27. The van der Waals surface area contributed by atoms with Crippen LogP contribution in [0.25, 0.3) is 66.9 Å². The van der Waals surface area contributed by atoms with Gasteiger partial charge in [0.1, 0.15) is 11.4 Å². The fourth-order valence-corrected chi connectivity index (χ4v) is 5.69. The van der Waals surface area contributed by atoms with Crippen LogP contribution >= 0.6 is 0 Å². The van der Waals surface area contributed by atoms with Crippen LogP contribution in [0, 0.1) is 0 Å². The first kappa shape index (κ1) is 29.3. The Morgan fingerprint density at radius 1 is 0.592 bits per heavy atom. The number of carbonyl (C=O) groups excluding carboxylic acids is 1. The van der Waals surface area contributed by atoms with Gasteiger partial charge < -0.3 is 20.4 Å². The van der Waals surface area contributed by atoms with E-state index in [1.165, 1.54) is 6.07 Å². The van der Waals surface area contributed by atoms with Crippen LogP contribution in [0.3, 0.4) is 0 Å². The minimum absolute atomic E-state index is 0.118. The largest absolute Gasteiger partial charge is 0.478 e. The van der Waals surface area contributed by atoms with Crippen molar-refractivity contribution < 1.29 is 14.7 Å². The smallest absolute Gasteiger partial charge is 0.335 e. The Kier molecular flexibility index (Phi) is 7.34. The van der Waals surface area contributed by atoms with Gasteiger partial charge in [0.05, 0.1) is 38.7 Å². The van der Waals surface area contributed by atoms with Crippen LogP contribution in [0.15, 0.2) is 115 Å². The van der Waals surface area contributed by atoms with Gasteiger partial charge in [-0.25, -0.2) is 14.8 Å². The quantitative estimate of drug-likeness (QED) is 0.114. The standard InChI is InChI=1S/C22H17N5O.C15H10N4O2/c28-22(23-13-14-6-2-1-3-7-14)15-10-11-18-19(12-15)25-21(24-18)20-16-8-4-5-9-17(16)26-27-20;20-15(21)8-5-6-11-12(7-8)17-14(16-11)13-9-3-1-2-4-10(9)18-19-13/h1-12H,13H2,(H,23,28)(H,24,25)(H,26,27);1-7H,(H,16,17)(H,18,19)(H,20,21). The molecule has 12 heteroatoms. The fraction of sp³-hybridized carbons (Fsp3) is 0.0270. The van der Waals surface area contributed by atoms with E-state index in [1.807, 2.05) is 91.0 Å². The summed E-state index contributed by atoms with van der Waals surface area (Å²) < 4.78 is 0. The molecule has 0 aliphatic carbocycles. The molecule has 0 aliphatic heterocycles. The lowest BCUT2D eigenvalue weighted by Crippen LogP contribution is -2.22. The summed E-state index contributed by atoms with van der Waals surface area (Å²) in [5, 5.41) is 28.6. The van der Waals surface area contributed by atoms with Crippen molar-refractivity contribution >= 4 is 55.7 Å². The van der Waals surface area contributed by atoms with E-state index in [9.17, 15) is 9.59 Å². The van der Waals surface area contributed by atoms with Crippen LogP contribution in [-0.4, -0.2) is 57.3 Å². The number of aromatic nitrogens is 8. The maximum absolute atomic E-state index is 12.5. The number of carboxylic acid groups (broad SMARTS) is 1. The third kappa shape index (κ3) is 5.74. The van der Waals surface area contributed by atoms with Crippen molar-refractivity contribution in [3.8, 4) is 23.0 Å². The highest BCUT2D eigenvalue weighted by molar-refractivity contribution is 5.99. The average Bonchev–Trinajstić information content (AvgIpc) is 3.94. The minimum Gasteiger partial charge on any atom is -0.478 e. The van der Waals surface area contributed by atoms with Gasteiger partial charge in [-0.15, -0.1) is 0 Å². The summed E-state index contributed by atoms with van der Waals surface area (Å²) in [7, 11) is 0. The SMILES string of the molecule is O=C(NCc1ccccc1)c1ccc2nc(-c3n[nH]c4ccccc34)[nH]c2c1.O=C(O)c1ccc2nc(-c3n[nH]c4ccccc34)[nH]c2c1. The lowest BCUT2D eigenvalue weighted by atomic mass is 10.1. The van der Waals surface area contributed by atoms with Crippen LogP contribution in [-0.2, 0) is 6.54 Å².